The molecule has 0 aromatic rings. The van der Waals surface area contributed by atoms with Crippen LogP contribution in [0.3, 0.4) is 0 Å². The number of carbonyl (C=O) groups excluding carboxylic acids is 2. The number of aliphatic hydroxyl groups excluding tert-OH is 1. The Hall–Kier alpha value is -1.22. The minimum atomic E-state index is -0.742. The Balaban J connectivity index is 2.77. The van der Waals surface area contributed by atoms with Crippen molar-refractivity contribution in [3.05, 3.63) is 0 Å². The number of nitrogens with one attached hydrogen (secondary N) is 1. The van der Waals surface area contributed by atoms with Crippen LogP contribution in [-0.2, 0) is 23.8 Å². The minimum absolute atomic E-state index is 0.0667. The third kappa shape index (κ3) is 10.9. The molecule has 6 unspecified atom stereocenters. The number of hydrogen-bond acceptors (Lipinski definition) is 6. The summed E-state index contributed by atoms with van der Waals surface area (Å²) in [7, 11) is 6.00. The molecule has 6 atom stereocenters. The maximum atomic E-state index is 12.9. The lowest BCUT2D eigenvalue weighted by Gasteiger charge is -2.35. The van der Waals surface area contributed by atoms with Gasteiger partial charge in [-0.3, -0.25) is 9.59 Å². The van der Waals surface area contributed by atoms with E-state index in [1.165, 1.54) is 6.92 Å². The van der Waals surface area contributed by atoms with E-state index in [4.69, 9.17) is 14.2 Å². The van der Waals surface area contributed by atoms with Gasteiger partial charge in [-0.1, -0.05) is 6.92 Å². The Morgan fingerprint density at radius 2 is 1.86 bits per heavy atom. The average molecular weight is 418 g/mol. The van der Waals surface area contributed by atoms with Gasteiger partial charge in [0.1, 0.15) is 6.10 Å². The van der Waals surface area contributed by atoms with E-state index in [0.717, 1.165) is 0 Å². The lowest BCUT2D eigenvalue weighted by atomic mass is 9.90. The number of quaternary nitrogens is 1. The zero-order valence-corrected chi connectivity index (χ0v) is 19.1. The highest BCUT2D eigenvalue weighted by Gasteiger charge is 2.32. The van der Waals surface area contributed by atoms with E-state index in [-0.39, 0.29) is 36.5 Å². The fraction of sp³-hybridized carbons (Fsp3) is 0.905. The molecule has 1 aliphatic rings. The molecule has 2 N–H and O–H groups in total. The van der Waals surface area contributed by atoms with Gasteiger partial charge in [-0.25, -0.2) is 0 Å². The number of aliphatic hydroxyl groups is 1. The molecular weight excluding hydrogens is 376 g/mol. The van der Waals surface area contributed by atoms with E-state index in [1.54, 1.807) is 0 Å². The number of carbonyl (C=O) groups is 2. The molecule has 1 saturated heterocycles. The fourth-order valence-electron chi connectivity index (χ4n) is 3.61. The first kappa shape index (κ1) is 25.8. The number of amides is 1. The summed E-state index contributed by atoms with van der Waals surface area (Å²) >= 11 is 0. The van der Waals surface area contributed by atoms with Gasteiger partial charge in [-0.15, -0.1) is 0 Å². The van der Waals surface area contributed by atoms with Crippen molar-refractivity contribution in [3.8, 4) is 0 Å². The fourth-order valence-corrected chi connectivity index (χ4v) is 3.61. The zero-order valence-electron chi connectivity index (χ0n) is 19.1. The SMILES string of the molecule is CCC(CC(O)CC(CC1CC(C)OC(C)O1)C(=O)NC[N+](C)(C)C)OC(C)=O. The number of esters is 1. The predicted molar refractivity (Wildman–Crippen MR) is 110 cm³/mol. The van der Waals surface area contributed by atoms with Crippen LogP contribution in [0.2, 0.25) is 0 Å². The molecule has 0 aromatic carbocycles. The molecule has 0 radical (unpaired) electrons. The maximum absolute atomic E-state index is 12.9. The molecule has 1 aliphatic heterocycles. The summed E-state index contributed by atoms with van der Waals surface area (Å²) in [6.45, 7) is 7.62. The standard InChI is InChI=1S/C21H40N2O6/c1-8-19(28-15(3)24)12-18(25)10-17(21(26)22-13-23(5,6)7)11-20-9-14(2)27-16(4)29-20/h14,16-20,25H,8-13H2,1-7H3/p+1. The number of nitrogens with zero attached hydrogens (tertiary/aromatic N) is 1. The van der Waals surface area contributed by atoms with Crippen molar-refractivity contribution in [2.75, 3.05) is 27.8 Å². The topological polar surface area (TPSA) is 94.1 Å². The molecule has 1 amide bonds. The normalized spacial score (nSPS) is 25.7. The number of ether oxygens (including phenoxy) is 3. The summed E-state index contributed by atoms with van der Waals surface area (Å²) in [5.74, 6) is -0.846. The quantitative estimate of drug-likeness (QED) is 0.302. The second-order valence-corrected chi connectivity index (χ2v) is 9.20. The van der Waals surface area contributed by atoms with Gasteiger partial charge in [0.05, 0.1) is 39.5 Å². The summed E-state index contributed by atoms with van der Waals surface area (Å²) in [5, 5.41) is 13.6. The van der Waals surface area contributed by atoms with Gasteiger partial charge in [0.25, 0.3) is 0 Å². The van der Waals surface area contributed by atoms with E-state index in [0.29, 0.717) is 43.3 Å². The minimum Gasteiger partial charge on any atom is -0.462 e. The van der Waals surface area contributed by atoms with Gasteiger partial charge in [0, 0.05) is 19.3 Å². The molecule has 29 heavy (non-hydrogen) atoms. The van der Waals surface area contributed by atoms with Gasteiger partial charge < -0.3 is 29.1 Å². The molecule has 8 heteroatoms. The summed E-state index contributed by atoms with van der Waals surface area (Å²) in [6, 6.07) is 0. The first-order valence-corrected chi connectivity index (χ1v) is 10.6. The Morgan fingerprint density at radius 1 is 1.21 bits per heavy atom. The third-order valence-corrected chi connectivity index (χ3v) is 4.93. The first-order chi connectivity index (χ1) is 13.4. The highest BCUT2D eigenvalue weighted by molar-refractivity contribution is 5.78. The van der Waals surface area contributed by atoms with E-state index in [9.17, 15) is 14.7 Å². The monoisotopic (exact) mass is 417 g/mol. The summed E-state index contributed by atoms with van der Waals surface area (Å²) in [4.78, 5) is 24.1. The molecule has 0 aliphatic carbocycles. The molecule has 0 saturated carbocycles. The Bertz CT molecular complexity index is 512. The number of hydrogen-bond donors (Lipinski definition) is 2. The Morgan fingerprint density at radius 3 is 2.38 bits per heavy atom. The van der Waals surface area contributed by atoms with E-state index in [2.05, 4.69) is 5.32 Å². The van der Waals surface area contributed by atoms with Crippen molar-refractivity contribution in [2.24, 2.45) is 5.92 Å². The molecule has 170 valence electrons. The van der Waals surface area contributed by atoms with Crippen molar-refractivity contribution in [1.82, 2.24) is 5.32 Å². The molecule has 0 bridgehead atoms. The summed E-state index contributed by atoms with van der Waals surface area (Å²) in [5.41, 5.74) is 0. The highest BCUT2D eigenvalue weighted by atomic mass is 16.7. The van der Waals surface area contributed by atoms with Crippen LogP contribution in [0.4, 0.5) is 0 Å². The van der Waals surface area contributed by atoms with Crippen LogP contribution < -0.4 is 5.32 Å². The maximum Gasteiger partial charge on any atom is 0.302 e. The number of rotatable bonds is 11. The highest BCUT2D eigenvalue weighted by Crippen LogP contribution is 2.26. The molecule has 0 aromatic heterocycles. The smallest absolute Gasteiger partial charge is 0.302 e. The van der Waals surface area contributed by atoms with E-state index < -0.39 is 12.0 Å². The van der Waals surface area contributed by atoms with Crippen LogP contribution in [0.5, 0.6) is 0 Å². The van der Waals surface area contributed by atoms with Crippen LogP contribution in [0, 0.1) is 5.92 Å². The summed E-state index contributed by atoms with van der Waals surface area (Å²) < 4.78 is 17.3. The van der Waals surface area contributed by atoms with Crippen LogP contribution >= 0.6 is 0 Å². The molecule has 0 spiro atoms. The van der Waals surface area contributed by atoms with Crippen molar-refractivity contribution in [1.29, 1.82) is 0 Å². The third-order valence-electron chi connectivity index (χ3n) is 4.93. The van der Waals surface area contributed by atoms with Gasteiger partial charge >= 0.3 is 5.97 Å². The molecule has 1 rings (SSSR count). The van der Waals surface area contributed by atoms with Crippen molar-refractivity contribution in [2.45, 2.75) is 90.5 Å². The molecule has 1 heterocycles. The van der Waals surface area contributed by atoms with Crippen LogP contribution in [0.25, 0.3) is 0 Å². The molecule has 1 fully saturated rings. The van der Waals surface area contributed by atoms with Gasteiger partial charge in [-0.05, 0) is 39.5 Å². The van der Waals surface area contributed by atoms with Crippen molar-refractivity contribution >= 4 is 11.9 Å². The molecule has 8 nitrogen and oxygen atoms in total. The lowest BCUT2D eigenvalue weighted by Crippen LogP contribution is -2.48. The van der Waals surface area contributed by atoms with E-state index in [1.807, 2.05) is 41.9 Å². The Labute approximate surface area is 175 Å². The van der Waals surface area contributed by atoms with Gasteiger partial charge in [0.2, 0.25) is 5.91 Å². The summed E-state index contributed by atoms with van der Waals surface area (Å²) in [6.07, 6.45) is 1.03. The first-order valence-electron chi connectivity index (χ1n) is 10.6. The second-order valence-electron chi connectivity index (χ2n) is 9.20. The largest absolute Gasteiger partial charge is 0.462 e. The van der Waals surface area contributed by atoms with Crippen molar-refractivity contribution in [3.63, 3.8) is 0 Å². The van der Waals surface area contributed by atoms with Crippen LogP contribution in [0.15, 0.2) is 0 Å². The second kappa shape index (κ2) is 11.8. The Kier molecular flexibility index (Phi) is 10.5. The average Bonchev–Trinajstić information content (AvgIpc) is 2.56. The van der Waals surface area contributed by atoms with Gasteiger partial charge in [-0.2, -0.15) is 0 Å². The van der Waals surface area contributed by atoms with Gasteiger partial charge in [0.15, 0.2) is 13.0 Å². The van der Waals surface area contributed by atoms with Crippen molar-refractivity contribution < 1.29 is 33.4 Å². The predicted octanol–water partition coefficient (Wildman–Crippen LogP) is 1.80. The lowest BCUT2D eigenvalue weighted by molar-refractivity contribution is -0.872. The van der Waals surface area contributed by atoms with Crippen LogP contribution in [0.1, 0.15) is 59.8 Å². The van der Waals surface area contributed by atoms with E-state index >= 15 is 0 Å². The van der Waals surface area contributed by atoms with Crippen LogP contribution in [-0.4, -0.2) is 80.0 Å². The molecular formula is C21H41N2O6+. The zero-order chi connectivity index (χ0) is 22.2.